The molecule has 3 amide bonds. The summed E-state index contributed by atoms with van der Waals surface area (Å²) in [6.07, 6.45) is 3.17. The summed E-state index contributed by atoms with van der Waals surface area (Å²) in [6, 6.07) is 13.0. The smallest absolute Gasteiger partial charge is 0.322 e. The van der Waals surface area contributed by atoms with Crippen LogP contribution in [0.1, 0.15) is 35.7 Å². The minimum Gasteiger partial charge on any atom is -0.439 e. The molecular weight excluding hydrogens is 615 g/mol. The van der Waals surface area contributed by atoms with E-state index in [1.807, 2.05) is 6.07 Å². The zero-order valence-electron chi connectivity index (χ0n) is 25.7. The van der Waals surface area contributed by atoms with Crippen LogP contribution >= 0.6 is 0 Å². The van der Waals surface area contributed by atoms with Crippen molar-refractivity contribution in [2.75, 3.05) is 45.2 Å². The highest BCUT2D eigenvalue weighted by Crippen LogP contribution is 2.24. The standard InChI is InChI=1S/C32H37FN6O6S/c1-3-4-16-39(32(41)37-24-6-11-29(33)28(20-24)31(34)40)25-13-17-38(18-14-25)22-23-5-12-30(35-21-23)45-26-7-9-27(10-8-26)46(42,43)36-15-19-44-2/h5-12,20-21,25,36H,13-19,22H2,1-2H3,(H2,34,40)(H,37,41). The summed E-state index contributed by atoms with van der Waals surface area (Å²) < 4.78 is 51.7. The van der Waals surface area contributed by atoms with Crippen LogP contribution < -0.4 is 20.5 Å². The van der Waals surface area contributed by atoms with Gasteiger partial charge in [0.2, 0.25) is 15.9 Å². The summed E-state index contributed by atoms with van der Waals surface area (Å²) in [5.41, 5.74) is 6.20. The maximum absolute atomic E-state index is 13.9. The molecule has 1 aliphatic rings. The number of carbonyl (C=O) groups is 2. The summed E-state index contributed by atoms with van der Waals surface area (Å²) in [5, 5.41) is 2.74. The number of piperidine rings is 1. The Morgan fingerprint density at radius 2 is 1.87 bits per heavy atom. The number of methoxy groups -OCH3 is 1. The van der Waals surface area contributed by atoms with Gasteiger partial charge >= 0.3 is 6.03 Å². The number of ether oxygens (including phenoxy) is 2. The second-order valence-corrected chi connectivity index (χ2v) is 12.3. The Hall–Kier alpha value is -4.55. The Kier molecular flexibility index (Phi) is 12.0. The molecule has 0 unspecified atom stereocenters. The fraction of sp³-hybridized carbons (Fsp3) is 0.344. The fourth-order valence-electron chi connectivity index (χ4n) is 4.90. The lowest BCUT2D eigenvalue weighted by atomic mass is 10.0. The van der Waals surface area contributed by atoms with E-state index >= 15 is 0 Å². The van der Waals surface area contributed by atoms with Crippen molar-refractivity contribution in [3.63, 3.8) is 0 Å². The summed E-state index contributed by atoms with van der Waals surface area (Å²) in [7, 11) is -2.14. The van der Waals surface area contributed by atoms with E-state index < -0.39 is 27.8 Å². The quantitative estimate of drug-likeness (QED) is 0.187. The van der Waals surface area contributed by atoms with E-state index in [0.717, 1.165) is 37.6 Å². The van der Waals surface area contributed by atoms with Gasteiger partial charge in [0.25, 0.3) is 5.91 Å². The van der Waals surface area contributed by atoms with Gasteiger partial charge in [0.1, 0.15) is 11.6 Å². The molecule has 244 valence electrons. The zero-order chi connectivity index (χ0) is 33.1. The van der Waals surface area contributed by atoms with Gasteiger partial charge < -0.3 is 25.4 Å². The predicted molar refractivity (Wildman–Crippen MR) is 170 cm³/mol. The van der Waals surface area contributed by atoms with Crippen molar-refractivity contribution in [3.8, 4) is 23.5 Å². The fourth-order valence-corrected chi connectivity index (χ4v) is 5.91. The molecule has 4 rings (SSSR count). The highest BCUT2D eigenvalue weighted by atomic mass is 32.2. The van der Waals surface area contributed by atoms with Crippen molar-refractivity contribution in [2.45, 2.75) is 37.2 Å². The molecule has 46 heavy (non-hydrogen) atoms. The Bertz CT molecular complexity index is 1670. The van der Waals surface area contributed by atoms with E-state index in [1.54, 1.807) is 36.2 Å². The first kappa shape index (κ1) is 34.3. The lowest BCUT2D eigenvalue weighted by molar-refractivity contribution is 0.0996. The number of pyridine rings is 1. The average molecular weight is 653 g/mol. The molecule has 1 saturated heterocycles. The molecule has 1 fully saturated rings. The van der Waals surface area contributed by atoms with E-state index in [-0.39, 0.29) is 41.9 Å². The zero-order valence-corrected chi connectivity index (χ0v) is 26.5. The van der Waals surface area contributed by atoms with E-state index in [4.69, 9.17) is 15.2 Å². The molecular formula is C32H37FN6O6S. The van der Waals surface area contributed by atoms with Crippen molar-refractivity contribution in [1.29, 1.82) is 0 Å². The largest absolute Gasteiger partial charge is 0.439 e. The normalized spacial score (nSPS) is 13.8. The monoisotopic (exact) mass is 652 g/mol. The first-order valence-corrected chi connectivity index (χ1v) is 16.1. The highest BCUT2D eigenvalue weighted by Gasteiger charge is 2.28. The Balaban J connectivity index is 1.29. The van der Waals surface area contributed by atoms with E-state index in [0.29, 0.717) is 18.2 Å². The van der Waals surface area contributed by atoms with E-state index in [9.17, 15) is 22.4 Å². The Morgan fingerprint density at radius 1 is 1.13 bits per heavy atom. The number of hydrogen-bond donors (Lipinski definition) is 3. The topological polar surface area (TPSA) is 156 Å². The summed E-state index contributed by atoms with van der Waals surface area (Å²) >= 11 is 0. The van der Waals surface area contributed by atoms with E-state index in [2.05, 4.69) is 31.8 Å². The number of hydrogen-bond acceptors (Lipinski definition) is 8. The van der Waals surface area contributed by atoms with Crippen LogP contribution in [0.25, 0.3) is 0 Å². The van der Waals surface area contributed by atoms with Gasteiger partial charge in [0.05, 0.1) is 23.6 Å². The number of halogens is 1. The van der Waals surface area contributed by atoms with Gasteiger partial charge in [-0.2, -0.15) is 0 Å². The van der Waals surface area contributed by atoms with Gasteiger partial charge in [-0.3, -0.25) is 9.69 Å². The Morgan fingerprint density at radius 3 is 2.50 bits per heavy atom. The SMILES string of the molecule is CC#CCN(C(=O)Nc1ccc(F)c(C(N)=O)c1)C1CCN(Cc2ccc(Oc3ccc(S(=O)(=O)NCCOC)cc3)nc2)CC1. The minimum atomic E-state index is -3.64. The van der Waals surface area contributed by atoms with Crippen LogP contribution in [-0.2, 0) is 21.3 Å². The van der Waals surface area contributed by atoms with Crippen molar-refractivity contribution in [2.24, 2.45) is 5.73 Å². The van der Waals surface area contributed by atoms with Crippen molar-refractivity contribution < 1.29 is 31.9 Å². The van der Waals surface area contributed by atoms with Crippen LogP contribution in [0.15, 0.2) is 65.7 Å². The molecule has 0 saturated carbocycles. The van der Waals surface area contributed by atoms with Gasteiger partial charge in [0, 0.05) is 57.3 Å². The molecule has 14 heteroatoms. The summed E-state index contributed by atoms with van der Waals surface area (Å²) in [5.74, 6) is 4.94. The number of sulfonamides is 1. The molecule has 1 aromatic heterocycles. The number of benzene rings is 2. The average Bonchev–Trinajstić information content (AvgIpc) is 3.04. The number of nitrogens with one attached hydrogen (secondary N) is 2. The number of nitrogens with zero attached hydrogens (tertiary/aromatic N) is 3. The Labute approximate surface area is 268 Å². The number of amides is 3. The maximum atomic E-state index is 13.9. The molecule has 1 aliphatic heterocycles. The molecule has 2 aromatic carbocycles. The van der Waals surface area contributed by atoms with Crippen molar-refractivity contribution in [3.05, 3.63) is 77.7 Å². The first-order valence-electron chi connectivity index (χ1n) is 14.6. The van der Waals surface area contributed by atoms with Crippen LogP contribution in [0.2, 0.25) is 0 Å². The van der Waals surface area contributed by atoms with Gasteiger partial charge in [-0.1, -0.05) is 12.0 Å². The maximum Gasteiger partial charge on any atom is 0.322 e. The molecule has 2 heterocycles. The molecule has 0 bridgehead atoms. The number of likely N-dealkylation sites (tertiary alicyclic amines) is 1. The van der Waals surface area contributed by atoms with Crippen LogP contribution in [-0.4, -0.2) is 81.1 Å². The second kappa shape index (κ2) is 16.1. The molecule has 0 spiro atoms. The van der Waals surface area contributed by atoms with Crippen LogP contribution in [0.5, 0.6) is 11.6 Å². The predicted octanol–water partition coefficient (Wildman–Crippen LogP) is 3.56. The van der Waals surface area contributed by atoms with Gasteiger partial charge in [-0.15, -0.1) is 5.92 Å². The van der Waals surface area contributed by atoms with Gasteiger partial charge in [-0.05, 0) is 67.8 Å². The third-order valence-electron chi connectivity index (χ3n) is 7.33. The molecule has 3 aromatic rings. The van der Waals surface area contributed by atoms with Crippen molar-refractivity contribution in [1.82, 2.24) is 19.5 Å². The number of anilines is 1. The molecule has 12 nitrogen and oxygen atoms in total. The van der Waals surface area contributed by atoms with Crippen LogP contribution in [0.3, 0.4) is 0 Å². The summed E-state index contributed by atoms with van der Waals surface area (Å²) in [4.78, 5) is 33.2. The third-order valence-corrected chi connectivity index (χ3v) is 8.80. The van der Waals surface area contributed by atoms with Gasteiger partial charge in [0.15, 0.2) is 0 Å². The lowest BCUT2D eigenvalue weighted by Gasteiger charge is -2.37. The number of carbonyl (C=O) groups excluding carboxylic acids is 2. The van der Waals surface area contributed by atoms with Crippen LogP contribution in [0.4, 0.5) is 14.9 Å². The lowest BCUT2D eigenvalue weighted by Crippen LogP contribution is -2.48. The molecule has 0 radical (unpaired) electrons. The van der Waals surface area contributed by atoms with Crippen LogP contribution in [0, 0.1) is 17.7 Å². The summed E-state index contributed by atoms with van der Waals surface area (Å²) in [6.45, 7) is 4.52. The number of urea groups is 1. The minimum absolute atomic E-state index is 0.0652. The number of rotatable bonds is 13. The number of nitrogens with two attached hydrogens (primary N) is 1. The van der Waals surface area contributed by atoms with Crippen molar-refractivity contribution >= 4 is 27.6 Å². The number of aromatic nitrogens is 1. The molecule has 0 atom stereocenters. The first-order chi connectivity index (χ1) is 22.1. The highest BCUT2D eigenvalue weighted by molar-refractivity contribution is 7.89. The molecule has 4 N–H and O–H groups in total. The van der Waals surface area contributed by atoms with E-state index in [1.165, 1.54) is 31.4 Å². The second-order valence-electron chi connectivity index (χ2n) is 10.5. The molecule has 0 aliphatic carbocycles. The van der Waals surface area contributed by atoms with Gasteiger partial charge in [-0.25, -0.2) is 27.3 Å². The third kappa shape index (κ3) is 9.48. The number of primary amides is 1.